The van der Waals surface area contributed by atoms with Crippen LogP contribution in [0.25, 0.3) is 11.3 Å². The standard InChI is InChI=1S/C19H31N3O2Si/c1-21(2)9-10-24-18-8-6-7-17(13-18)19-14-22(15-20-19)16-23-11-12-25(3,4)5/h6-8,13-15H,9-12,16H2,1-5H3. The lowest BCUT2D eigenvalue weighted by Crippen LogP contribution is -2.21. The SMILES string of the molecule is CN(C)CCOc1cccc(-c2cn(COCC[Si](C)(C)C)cn2)c1. The Hall–Kier alpha value is -1.63. The molecule has 0 unspecified atom stereocenters. The summed E-state index contributed by atoms with van der Waals surface area (Å²) in [5.41, 5.74) is 2.00. The predicted molar refractivity (Wildman–Crippen MR) is 106 cm³/mol. The molecule has 1 aromatic carbocycles. The monoisotopic (exact) mass is 361 g/mol. The molecule has 6 heteroatoms. The highest BCUT2D eigenvalue weighted by molar-refractivity contribution is 6.76. The normalized spacial score (nSPS) is 11.9. The summed E-state index contributed by atoms with van der Waals surface area (Å²) in [5.74, 6) is 0.875. The van der Waals surface area contributed by atoms with E-state index in [-0.39, 0.29) is 0 Å². The summed E-state index contributed by atoms with van der Waals surface area (Å²) in [6.45, 7) is 10.0. The number of nitrogens with zero attached hydrogens (tertiary/aromatic N) is 3. The van der Waals surface area contributed by atoms with Gasteiger partial charge in [0.25, 0.3) is 0 Å². The molecular weight excluding hydrogens is 330 g/mol. The molecule has 0 N–H and O–H groups in total. The van der Waals surface area contributed by atoms with E-state index in [9.17, 15) is 0 Å². The second kappa shape index (κ2) is 9.17. The Bertz CT molecular complexity index is 650. The van der Waals surface area contributed by atoms with Gasteiger partial charge in [0.05, 0.1) is 12.0 Å². The van der Waals surface area contributed by atoms with Gasteiger partial charge >= 0.3 is 0 Å². The van der Waals surface area contributed by atoms with E-state index >= 15 is 0 Å². The summed E-state index contributed by atoms with van der Waals surface area (Å²) < 4.78 is 13.6. The van der Waals surface area contributed by atoms with Gasteiger partial charge in [0.2, 0.25) is 0 Å². The highest BCUT2D eigenvalue weighted by Crippen LogP contribution is 2.22. The minimum atomic E-state index is -1.03. The number of aromatic nitrogens is 2. The number of benzene rings is 1. The Balaban J connectivity index is 1.88. The van der Waals surface area contributed by atoms with Gasteiger partial charge in [-0.2, -0.15) is 0 Å². The van der Waals surface area contributed by atoms with Crippen molar-refractivity contribution < 1.29 is 9.47 Å². The van der Waals surface area contributed by atoms with E-state index in [2.05, 4.69) is 35.6 Å². The average Bonchev–Trinajstić information content (AvgIpc) is 3.00. The topological polar surface area (TPSA) is 39.5 Å². The minimum absolute atomic E-state index is 0.552. The van der Waals surface area contributed by atoms with Crippen LogP contribution in [0.4, 0.5) is 0 Å². The van der Waals surface area contributed by atoms with Crippen molar-refractivity contribution in [3.05, 3.63) is 36.8 Å². The van der Waals surface area contributed by atoms with Gasteiger partial charge in [0.1, 0.15) is 19.1 Å². The van der Waals surface area contributed by atoms with Gasteiger partial charge in [-0.05, 0) is 32.3 Å². The van der Waals surface area contributed by atoms with E-state index in [1.54, 1.807) is 0 Å². The van der Waals surface area contributed by atoms with Crippen LogP contribution >= 0.6 is 0 Å². The summed E-state index contributed by atoms with van der Waals surface area (Å²) in [6.07, 6.45) is 3.84. The van der Waals surface area contributed by atoms with Crippen LogP contribution in [0.3, 0.4) is 0 Å². The molecule has 0 aliphatic heterocycles. The van der Waals surface area contributed by atoms with Crippen molar-refractivity contribution in [3.8, 4) is 17.0 Å². The zero-order valence-electron chi connectivity index (χ0n) is 16.2. The lowest BCUT2D eigenvalue weighted by Gasteiger charge is -2.15. The molecule has 0 radical (unpaired) electrons. The molecule has 5 nitrogen and oxygen atoms in total. The highest BCUT2D eigenvalue weighted by Gasteiger charge is 2.12. The first-order valence-corrected chi connectivity index (χ1v) is 12.5. The number of hydrogen-bond donors (Lipinski definition) is 0. The van der Waals surface area contributed by atoms with Gasteiger partial charge in [-0.1, -0.05) is 31.8 Å². The Morgan fingerprint density at radius 3 is 2.68 bits per heavy atom. The minimum Gasteiger partial charge on any atom is -0.492 e. The average molecular weight is 362 g/mol. The predicted octanol–water partition coefficient (Wildman–Crippen LogP) is 3.80. The first-order valence-electron chi connectivity index (χ1n) is 8.81. The van der Waals surface area contributed by atoms with Crippen molar-refractivity contribution >= 4 is 8.07 Å². The molecule has 0 bridgehead atoms. The number of hydrogen-bond acceptors (Lipinski definition) is 4. The second-order valence-corrected chi connectivity index (χ2v) is 13.4. The fourth-order valence-electron chi connectivity index (χ4n) is 2.22. The van der Waals surface area contributed by atoms with E-state index in [0.717, 1.165) is 30.2 Å². The number of ether oxygens (including phenoxy) is 2. The maximum atomic E-state index is 5.80. The van der Waals surface area contributed by atoms with Crippen LogP contribution < -0.4 is 4.74 Å². The molecule has 138 valence electrons. The summed E-state index contributed by atoms with van der Waals surface area (Å²) in [4.78, 5) is 6.60. The molecule has 0 saturated heterocycles. The Morgan fingerprint density at radius 1 is 1.16 bits per heavy atom. The first kappa shape index (κ1) is 19.7. The molecule has 0 aliphatic rings. The van der Waals surface area contributed by atoms with Crippen molar-refractivity contribution in [1.82, 2.24) is 14.5 Å². The molecular formula is C19H31N3O2Si. The van der Waals surface area contributed by atoms with Crippen LogP contribution in [0, 0.1) is 0 Å². The lowest BCUT2D eigenvalue weighted by atomic mass is 10.1. The van der Waals surface area contributed by atoms with E-state index in [4.69, 9.17) is 9.47 Å². The molecule has 0 aliphatic carbocycles. The van der Waals surface area contributed by atoms with Crippen molar-refractivity contribution in [2.24, 2.45) is 0 Å². The molecule has 0 saturated carbocycles. The molecule has 0 atom stereocenters. The van der Waals surface area contributed by atoms with Crippen LogP contribution in [0.2, 0.25) is 25.7 Å². The first-order chi connectivity index (χ1) is 11.8. The zero-order chi connectivity index (χ0) is 18.3. The second-order valence-electron chi connectivity index (χ2n) is 7.80. The summed E-state index contributed by atoms with van der Waals surface area (Å²) >= 11 is 0. The van der Waals surface area contributed by atoms with Crippen LogP contribution in [0.5, 0.6) is 5.75 Å². The summed E-state index contributed by atoms with van der Waals surface area (Å²) in [5, 5.41) is 0. The zero-order valence-corrected chi connectivity index (χ0v) is 17.2. The van der Waals surface area contributed by atoms with Crippen LogP contribution in [0.1, 0.15) is 0 Å². The number of rotatable bonds is 10. The molecule has 2 aromatic rings. The Labute approximate surface area is 152 Å². The Morgan fingerprint density at radius 2 is 1.96 bits per heavy atom. The molecule has 0 spiro atoms. The third kappa shape index (κ3) is 7.42. The van der Waals surface area contributed by atoms with Crippen molar-refractivity contribution in [3.63, 3.8) is 0 Å². The Kier molecular flexibility index (Phi) is 7.22. The van der Waals surface area contributed by atoms with Crippen molar-refractivity contribution in [2.45, 2.75) is 32.4 Å². The van der Waals surface area contributed by atoms with Gasteiger partial charge in [0.15, 0.2) is 0 Å². The van der Waals surface area contributed by atoms with Gasteiger partial charge in [0, 0.05) is 33.0 Å². The number of imidazole rings is 1. The van der Waals surface area contributed by atoms with E-state index in [1.165, 1.54) is 6.04 Å². The lowest BCUT2D eigenvalue weighted by molar-refractivity contribution is 0.0872. The van der Waals surface area contributed by atoms with Crippen LogP contribution in [0.15, 0.2) is 36.8 Å². The van der Waals surface area contributed by atoms with Gasteiger partial charge < -0.3 is 18.9 Å². The smallest absolute Gasteiger partial charge is 0.123 e. The highest BCUT2D eigenvalue weighted by atomic mass is 28.3. The van der Waals surface area contributed by atoms with Crippen LogP contribution in [-0.4, -0.2) is 56.4 Å². The molecule has 2 rings (SSSR count). The molecule has 1 aromatic heterocycles. The molecule has 0 amide bonds. The maximum absolute atomic E-state index is 5.80. The van der Waals surface area contributed by atoms with Gasteiger partial charge in [-0.25, -0.2) is 4.98 Å². The van der Waals surface area contributed by atoms with E-state index < -0.39 is 8.07 Å². The van der Waals surface area contributed by atoms with Crippen molar-refractivity contribution in [1.29, 1.82) is 0 Å². The van der Waals surface area contributed by atoms with Gasteiger partial charge in [-0.3, -0.25) is 0 Å². The van der Waals surface area contributed by atoms with E-state index in [1.807, 2.05) is 49.4 Å². The molecule has 1 heterocycles. The fourth-order valence-corrected chi connectivity index (χ4v) is 2.98. The third-order valence-electron chi connectivity index (χ3n) is 3.81. The van der Waals surface area contributed by atoms with Crippen molar-refractivity contribution in [2.75, 3.05) is 33.9 Å². The quantitative estimate of drug-likeness (QED) is 0.477. The number of likely N-dealkylation sites (N-methyl/N-ethyl adjacent to an activating group) is 1. The maximum Gasteiger partial charge on any atom is 0.123 e. The van der Waals surface area contributed by atoms with E-state index in [0.29, 0.717) is 13.3 Å². The summed E-state index contributed by atoms with van der Waals surface area (Å²) in [7, 11) is 3.05. The molecule has 0 fully saturated rings. The van der Waals surface area contributed by atoms with Crippen LogP contribution in [-0.2, 0) is 11.5 Å². The largest absolute Gasteiger partial charge is 0.492 e. The molecule has 25 heavy (non-hydrogen) atoms. The van der Waals surface area contributed by atoms with Gasteiger partial charge in [-0.15, -0.1) is 0 Å². The third-order valence-corrected chi connectivity index (χ3v) is 5.51. The summed E-state index contributed by atoms with van der Waals surface area (Å²) in [6, 6.07) is 9.26. The fraction of sp³-hybridized carbons (Fsp3) is 0.526.